The van der Waals surface area contributed by atoms with Crippen molar-refractivity contribution < 1.29 is 0 Å². The van der Waals surface area contributed by atoms with Crippen LogP contribution in [0.1, 0.15) is 12.8 Å². The summed E-state index contributed by atoms with van der Waals surface area (Å²) in [6.45, 7) is 4.40. The van der Waals surface area contributed by atoms with E-state index in [-0.39, 0.29) is 0 Å². The third-order valence-electron chi connectivity index (χ3n) is 2.43. The van der Waals surface area contributed by atoms with E-state index in [2.05, 4.69) is 28.1 Å². The van der Waals surface area contributed by atoms with E-state index in [1.807, 2.05) is 7.05 Å². The SMILES string of the molecule is CNCCNNC1CCCN(C)C1. The number of rotatable bonds is 5. The van der Waals surface area contributed by atoms with Crippen LogP contribution in [0.5, 0.6) is 0 Å². The average Bonchev–Trinajstić information content (AvgIpc) is 2.13. The molecular weight excluding hydrogens is 164 g/mol. The molecule has 1 aliphatic rings. The van der Waals surface area contributed by atoms with Gasteiger partial charge in [-0.15, -0.1) is 0 Å². The van der Waals surface area contributed by atoms with E-state index in [9.17, 15) is 0 Å². The van der Waals surface area contributed by atoms with Gasteiger partial charge in [0.1, 0.15) is 0 Å². The van der Waals surface area contributed by atoms with Crippen molar-refractivity contribution in [2.75, 3.05) is 40.3 Å². The predicted octanol–water partition coefficient (Wildman–Crippen LogP) is -0.606. The summed E-state index contributed by atoms with van der Waals surface area (Å²) in [5.41, 5.74) is 6.59. The van der Waals surface area contributed by atoms with Gasteiger partial charge in [0.25, 0.3) is 0 Å². The summed E-state index contributed by atoms with van der Waals surface area (Å²) in [7, 11) is 4.15. The first-order chi connectivity index (χ1) is 6.33. The van der Waals surface area contributed by atoms with Crippen molar-refractivity contribution in [1.82, 2.24) is 21.1 Å². The summed E-state index contributed by atoms with van der Waals surface area (Å²) in [6.07, 6.45) is 2.60. The molecule has 0 aliphatic carbocycles. The number of hydrazine groups is 1. The lowest BCUT2D eigenvalue weighted by Crippen LogP contribution is -2.50. The minimum atomic E-state index is 0.621. The molecule has 1 heterocycles. The first-order valence-corrected chi connectivity index (χ1v) is 5.14. The molecule has 1 atom stereocenters. The van der Waals surface area contributed by atoms with Crippen LogP contribution in [0.15, 0.2) is 0 Å². The second-order valence-electron chi connectivity index (χ2n) is 3.78. The fraction of sp³-hybridized carbons (Fsp3) is 1.00. The molecule has 0 aromatic carbocycles. The molecule has 0 aromatic rings. The average molecular weight is 186 g/mol. The van der Waals surface area contributed by atoms with Gasteiger partial charge < -0.3 is 10.2 Å². The van der Waals surface area contributed by atoms with E-state index in [4.69, 9.17) is 0 Å². The summed E-state index contributed by atoms with van der Waals surface area (Å²) in [6, 6.07) is 0.621. The highest BCUT2D eigenvalue weighted by molar-refractivity contribution is 4.74. The van der Waals surface area contributed by atoms with E-state index in [0.717, 1.165) is 19.6 Å². The molecule has 1 rings (SSSR count). The summed E-state index contributed by atoms with van der Waals surface area (Å²) in [5, 5.41) is 3.10. The molecule has 1 unspecified atom stereocenters. The van der Waals surface area contributed by atoms with Crippen molar-refractivity contribution >= 4 is 0 Å². The molecule has 0 bridgehead atoms. The minimum Gasteiger partial charge on any atom is -0.318 e. The van der Waals surface area contributed by atoms with Crippen molar-refractivity contribution in [3.05, 3.63) is 0 Å². The number of likely N-dealkylation sites (N-methyl/N-ethyl adjacent to an activating group) is 2. The molecular formula is C9H22N4. The van der Waals surface area contributed by atoms with Gasteiger partial charge in [-0.25, -0.2) is 0 Å². The van der Waals surface area contributed by atoms with Crippen molar-refractivity contribution in [1.29, 1.82) is 0 Å². The smallest absolute Gasteiger partial charge is 0.0340 e. The molecule has 3 N–H and O–H groups in total. The van der Waals surface area contributed by atoms with E-state index >= 15 is 0 Å². The van der Waals surface area contributed by atoms with Crippen LogP contribution in [-0.2, 0) is 0 Å². The first kappa shape index (κ1) is 10.9. The highest BCUT2D eigenvalue weighted by atomic mass is 15.4. The zero-order valence-electron chi connectivity index (χ0n) is 8.77. The topological polar surface area (TPSA) is 39.3 Å². The maximum atomic E-state index is 3.36. The zero-order chi connectivity index (χ0) is 9.52. The highest BCUT2D eigenvalue weighted by Gasteiger charge is 2.15. The molecule has 1 saturated heterocycles. The number of piperidine rings is 1. The van der Waals surface area contributed by atoms with Gasteiger partial charge in [0.05, 0.1) is 0 Å². The Morgan fingerprint density at radius 3 is 2.92 bits per heavy atom. The Kier molecular flexibility index (Phi) is 5.31. The number of hydrogen-bond donors (Lipinski definition) is 3. The van der Waals surface area contributed by atoms with Crippen LogP contribution in [0.3, 0.4) is 0 Å². The molecule has 0 aromatic heterocycles. The van der Waals surface area contributed by atoms with Crippen LogP contribution >= 0.6 is 0 Å². The molecule has 4 heteroatoms. The second kappa shape index (κ2) is 6.32. The minimum absolute atomic E-state index is 0.621. The van der Waals surface area contributed by atoms with Crippen molar-refractivity contribution in [2.24, 2.45) is 0 Å². The molecule has 0 saturated carbocycles. The Hall–Kier alpha value is -0.160. The Balaban J connectivity index is 2.00. The van der Waals surface area contributed by atoms with Gasteiger partial charge in [-0.2, -0.15) is 0 Å². The summed E-state index contributed by atoms with van der Waals surface area (Å²) in [4.78, 5) is 2.38. The van der Waals surface area contributed by atoms with Crippen molar-refractivity contribution in [2.45, 2.75) is 18.9 Å². The van der Waals surface area contributed by atoms with Crippen LogP contribution in [-0.4, -0.2) is 51.2 Å². The normalized spacial score (nSPS) is 24.9. The predicted molar refractivity (Wildman–Crippen MR) is 55.6 cm³/mol. The third-order valence-corrected chi connectivity index (χ3v) is 2.43. The third kappa shape index (κ3) is 4.57. The summed E-state index contributed by atoms with van der Waals surface area (Å²) >= 11 is 0. The van der Waals surface area contributed by atoms with E-state index < -0.39 is 0 Å². The maximum absolute atomic E-state index is 3.36. The van der Waals surface area contributed by atoms with Crippen molar-refractivity contribution in [3.8, 4) is 0 Å². The van der Waals surface area contributed by atoms with Gasteiger partial charge >= 0.3 is 0 Å². The lowest BCUT2D eigenvalue weighted by atomic mass is 10.1. The number of nitrogens with one attached hydrogen (secondary N) is 3. The summed E-state index contributed by atoms with van der Waals surface area (Å²) in [5.74, 6) is 0. The summed E-state index contributed by atoms with van der Waals surface area (Å²) < 4.78 is 0. The largest absolute Gasteiger partial charge is 0.318 e. The molecule has 13 heavy (non-hydrogen) atoms. The lowest BCUT2D eigenvalue weighted by Gasteiger charge is -2.30. The van der Waals surface area contributed by atoms with Crippen LogP contribution < -0.4 is 16.2 Å². The Bertz CT molecular complexity index is 129. The fourth-order valence-electron chi connectivity index (χ4n) is 1.69. The lowest BCUT2D eigenvalue weighted by molar-refractivity contribution is 0.214. The van der Waals surface area contributed by atoms with Crippen molar-refractivity contribution in [3.63, 3.8) is 0 Å². The second-order valence-corrected chi connectivity index (χ2v) is 3.78. The van der Waals surface area contributed by atoms with Gasteiger partial charge in [-0.05, 0) is 33.5 Å². The van der Waals surface area contributed by atoms with E-state index in [1.165, 1.54) is 19.4 Å². The molecule has 1 fully saturated rings. The Morgan fingerprint density at radius 2 is 2.23 bits per heavy atom. The van der Waals surface area contributed by atoms with Gasteiger partial charge in [0.2, 0.25) is 0 Å². The molecule has 78 valence electrons. The Labute approximate surface area is 81.0 Å². The monoisotopic (exact) mass is 186 g/mol. The number of hydrogen-bond acceptors (Lipinski definition) is 4. The van der Waals surface area contributed by atoms with Crippen LogP contribution in [0.2, 0.25) is 0 Å². The standard InChI is InChI=1S/C9H22N4/c1-10-5-6-11-12-9-4-3-7-13(2)8-9/h9-12H,3-8H2,1-2H3. The van der Waals surface area contributed by atoms with E-state index in [0.29, 0.717) is 6.04 Å². The van der Waals surface area contributed by atoms with Crippen LogP contribution in [0, 0.1) is 0 Å². The molecule has 1 aliphatic heterocycles. The van der Waals surface area contributed by atoms with E-state index in [1.54, 1.807) is 0 Å². The van der Waals surface area contributed by atoms with Gasteiger partial charge in [-0.3, -0.25) is 10.9 Å². The maximum Gasteiger partial charge on any atom is 0.0340 e. The molecule has 0 radical (unpaired) electrons. The van der Waals surface area contributed by atoms with Gasteiger partial charge in [0.15, 0.2) is 0 Å². The first-order valence-electron chi connectivity index (χ1n) is 5.14. The number of likely N-dealkylation sites (tertiary alicyclic amines) is 1. The molecule has 0 spiro atoms. The van der Waals surface area contributed by atoms with Crippen LogP contribution in [0.25, 0.3) is 0 Å². The number of nitrogens with zero attached hydrogens (tertiary/aromatic N) is 1. The van der Waals surface area contributed by atoms with Crippen LogP contribution in [0.4, 0.5) is 0 Å². The fourth-order valence-corrected chi connectivity index (χ4v) is 1.69. The zero-order valence-corrected chi connectivity index (χ0v) is 8.77. The highest BCUT2D eigenvalue weighted by Crippen LogP contribution is 2.06. The quantitative estimate of drug-likeness (QED) is 0.396. The van der Waals surface area contributed by atoms with Gasteiger partial charge in [0, 0.05) is 25.7 Å². The molecule has 0 amide bonds. The van der Waals surface area contributed by atoms with Gasteiger partial charge in [-0.1, -0.05) is 0 Å². The Morgan fingerprint density at radius 1 is 1.38 bits per heavy atom. The molecule has 4 nitrogen and oxygen atoms in total.